The highest BCUT2D eigenvalue weighted by atomic mass is 16.1. The summed E-state index contributed by atoms with van der Waals surface area (Å²) in [6.45, 7) is 6.81. The van der Waals surface area contributed by atoms with Gasteiger partial charge in [-0.25, -0.2) is 0 Å². The van der Waals surface area contributed by atoms with E-state index in [0.29, 0.717) is 23.5 Å². The maximum atomic E-state index is 12.2. The lowest BCUT2D eigenvalue weighted by atomic mass is 9.59. The highest BCUT2D eigenvalue weighted by Gasteiger charge is 2.50. The molecular formula is C14H22O. The van der Waals surface area contributed by atoms with Gasteiger partial charge in [0.05, 0.1) is 0 Å². The van der Waals surface area contributed by atoms with E-state index in [1.165, 1.54) is 0 Å². The van der Waals surface area contributed by atoms with E-state index in [4.69, 9.17) is 0 Å². The standard InChI is InChI=1S/C14H22O/c1-10(2)13-11(3)6-4-8-14(13)9-5-7-12(14)15/h4,6,10-11,13H,5,7-9H2,1-3H3. The zero-order chi connectivity index (χ0) is 11.1. The average molecular weight is 206 g/mol. The maximum Gasteiger partial charge on any atom is 0.139 e. The van der Waals surface area contributed by atoms with Gasteiger partial charge in [-0.2, -0.15) is 0 Å². The second-order valence-electron chi connectivity index (χ2n) is 5.69. The normalized spacial score (nSPS) is 40.7. The van der Waals surface area contributed by atoms with Crippen LogP contribution in [0.15, 0.2) is 12.2 Å². The van der Waals surface area contributed by atoms with Crippen LogP contribution in [-0.2, 0) is 4.79 Å². The van der Waals surface area contributed by atoms with E-state index in [1.54, 1.807) is 0 Å². The van der Waals surface area contributed by atoms with Gasteiger partial charge in [-0.3, -0.25) is 4.79 Å². The Morgan fingerprint density at radius 3 is 2.73 bits per heavy atom. The van der Waals surface area contributed by atoms with Crippen molar-refractivity contribution in [3.8, 4) is 0 Å². The first kappa shape index (κ1) is 10.9. The Labute approximate surface area is 92.9 Å². The fraction of sp³-hybridized carbons (Fsp3) is 0.786. The molecule has 1 fully saturated rings. The van der Waals surface area contributed by atoms with Crippen molar-refractivity contribution in [2.45, 2.75) is 46.5 Å². The quantitative estimate of drug-likeness (QED) is 0.599. The first-order valence-corrected chi connectivity index (χ1v) is 6.28. The number of hydrogen-bond acceptors (Lipinski definition) is 1. The largest absolute Gasteiger partial charge is 0.299 e. The molecule has 0 aromatic carbocycles. The summed E-state index contributed by atoms with van der Waals surface area (Å²) in [5.41, 5.74) is 0.0162. The lowest BCUT2D eigenvalue weighted by molar-refractivity contribution is -0.131. The molecule has 0 N–H and O–H groups in total. The summed E-state index contributed by atoms with van der Waals surface area (Å²) in [6.07, 6.45) is 8.61. The third-order valence-electron chi connectivity index (χ3n) is 4.43. The molecule has 0 aromatic rings. The van der Waals surface area contributed by atoms with Crippen LogP contribution in [0.4, 0.5) is 0 Å². The van der Waals surface area contributed by atoms with Crippen LogP contribution in [0.5, 0.6) is 0 Å². The minimum atomic E-state index is 0.0162. The molecule has 0 saturated heterocycles. The zero-order valence-corrected chi connectivity index (χ0v) is 10.1. The number of Topliss-reactive ketones (excluding diaryl/α,β-unsaturated/α-hetero) is 1. The molecule has 0 bridgehead atoms. The van der Waals surface area contributed by atoms with Gasteiger partial charge in [0.2, 0.25) is 0 Å². The maximum absolute atomic E-state index is 12.2. The predicted octanol–water partition coefficient (Wildman–Crippen LogP) is 3.59. The first-order chi connectivity index (χ1) is 7.08. The Bertz CT molecular complexity index is 290. The summed E-state index contributed by atoms with van der Waals surface area (Å²) in [4.78, 5) is 12.2. The molecule has 2 aliphatic carbocycles. The number of rotatable bonds is 1. The Balaban J connectivity index is 2.37. The molecule has 0 aliphatic heterocycles. The van der Waals surface area contributed by atoms with Gasteiger partial charge >= 0.3 is 0 Å². The molecule has 0 radical (unpaired) electrons. The van der Waals surface area contributed by atoms with E-state index in [1.807, 2.05) is 0 Å². The minimum absolute atomic E-state index is 0.0162. The Morgan fingerprint density at radius 2 is 2.20 bits per heavy atom. The van der Waals surface area contributed by atoms with E-state index in [-0.39, 0.29) is 5.41 Å². The lowest BCUT2D eigenvalue weighted by Crippen LogP contribution is -2.42. The summed E-state index contributed by atoms with van der Waals surface area (Å²) < 4.78 is 0. The molecule has 0 aromatic heterocycles. The molecular weight excluding hydrogens is 184 g/mol. The summed E-state index contributed by atoms with van der Waals surface area (Å²) in [7, 11) is 0. The third kappa shape index (κ3) is 1.56. The molecule has 1 heteroatoms. The summed E-state index contributed by atoms with van der Waals surface area (Å²) in [5, 5.41) is 0. The van der Waals surface area contributed by atoms with Crippen LogP contribution in [0.25, 0.3) is 0 Å². The van der Waals surface area contributed by atoms with Crippen LogP contribution in [0.2, 0.25) is 0 Å². The van der Waals surface area contributed by atoms with Crippen molar-refractivity contribution >= 4 is 5.78 Å². The van der Waals surface area contributed by atoms with Crippen LogP contribution < -0.4 is 0 Å². The van der Waals surface area contributed by atoms with E-state index < -0.39 is 0 Å². The molecule has 84 valence electrons. The van der Waals surface area contributed by atoms with Crippen molar-refractivity contribution in [2.75, 3.05) is 0 Å². The van der Waals surface area contributed by atoms with Gasteiger partial charge < -0.3 is 0 Å². The molecule has 1 nitrogen and oxygen atoms in total. The van der Waals surface area contributed by atoms with Gasteiger partial charge in [0, 0.05) is 11.8 Å². The molecule has 0 heterocycles. The highest BCUT2D eigenvalue weighted by molar-refractivity contribution is 5.87. The van der Waals surface area contributed by atoms with Crippen LogP contribution in [0.3, 0.4) is 0 Å². The van der Waals surface area contributed by atoms with Gasteiger partial charge in [-0.05, 0) is 37.0 Å². The van der Waals surface area contributed by atoms with Gasteiger partial charge in [0.1, 0.15) is 5.78 Å². The molecule has 15 heavy (non-hydrogen) atoms. The van der Waals surface area contributed by atoms with Crippen LogP contribution in [-0.4, -0.2) is 5.78 Å². The smallest absolute Gasteiger partial charge is 0.139 e. The Kier molecular flexibility index (Phi) is 2.74. The monoisotopic (exact) mass is 206 g/mol. The fourth-order valence-electron chi connectivity index (χ4n) is 4.02. The predicted molar refractivity (Wildman–Crippen MR) is 62.5 cm³/mol. The SMILES string of the molecule is CC(C)C1C(C)C=CCC12CCCC2=O. The van der Waals surface area contributed by atoms with Crippen LogP contribution in [0, 0.1) is 23.2 Å². The summed E-state index contributed by atoms with van der Waals surface area (Å²) in [5.74, 6) is 2.29. The lowest BCUT2D eigenvalue weighted by Gasteiger charge is -2.43. The molecule has 0 amide bonds. The fourth-order valence-corrected chi connectivity index (χ4v) is 4.02. The molecule has 3 atom stereocenters. The summed E-state index contributed by atoms with van der Waals surface area (Å²) in [6, 6.07) is 0. The third-order valence-corrected chi connectivity index (χ3v) is 4.43. The summed E-state index contributed by atoms with van der Waals surface area (Å²) >= 11 is 0. The Hall–Kier alpha value is -0.590. The van der Waals surface area contributed by atoms with Crippen molar-refractivity contribution < 1.29 is 4.79 Å². The van der Waals surface area contributed by atoms with Crippen molar-refractivity contribution in [1.29, 1.82) is 0 Å². The topological polar surface area (TPSA) is 17.1 Å². The highest BCUT2D eigenvalue weighted by Crippen LogP contribution is 2.52. The number of carbonyl (C=O) groups is 1. The number of hydrogen-bond donors (Lipinski definition) is 0. The molecule has 1 spiro atoms. The molecule has 1 saturated carbocycles. The Morgan fingerprint density at radius 1 is 1.47 bits per heavy atom. The van der Waals surface area contributed by atoms with Gasteiger partial charge in [-0.15, -0.1) is 0 Å². The van der Waals surface area contributed by atoms with Gasteiger partial charge in [0.15, 0.2) is 0 Å². The number of allylic oxidation sites excluding steroid dienone is 2. The number of carbonyl (C=O) groups excluding carboxylic acids is 1. The molecule has 2 aliphatic rings. The number of ketones is 1. The van der Waals surface area contributed by atoms with Gasteiger partial charge in [-0.1, -0.05) is 32.9 Å². The van der Waals surface area contributed by atoms with E-state index in [2.05, 4.69) is 32.9 Å². The average Bonchev–Trinajstić information content (AvgIpc) is 2.48. The second kappa shape index (κ2) is 3.77. The van der Waals surface area contributed by atoms with Crippen molar-refractivity contribution in [1.82, 2.24) is 0 Å². The van der Waals surface area contributed by atoms with Crippen LogP contribution >= 0.6 is 0 Å². The van der Waals surface area contributed by atoms with E-state index in [0.717, 1.165) is 25.7 Å². The minimum Gasteiger partial charge on any atom is -0.299 e. The van der Waals surface area contributed by atoms with E-state index in [9.17, 15) is 4.79 Å². The molecule has 3 unspecified atom stereocenters. The van der Waals surface area contributed by atoms with Crippen LogP contribution in [0.1, 0.15) is 46.5 Å². The van der Waals surface area contributed by atoms with Crippen molar-refractivity contribution in [2.24, 2.45) is 23.2 Å². The molecule has 2 rings (SSSR count). The van der Waals surface area contributed by atoms with Gasteiger partial charge in [0.25, 0.3) is 0 Å². The first-order valence-electron chi connectivity index (χ1n) is 6.28. The van der Waals surface area contributed by atoms with E-state index >= 15 is 0 Å². The zero-order valence-electron chi connectivity index (χ0n) is 10.1. The van der Waals surface area contributed by atoms with Crippen molar-refractivity contribution in [3.63, 3.8) is 0 Å². The van der Waals surface area contributed by atoms with Crippen molar-refractivity contribution in [3.05, 3.63) is 12.2 Å². The second-order valence-corrected chi connectivity index (χ2v) is 5.69.